The van der Waals surface area contributed by atoms with Gasteiger partial charge in [-0.25, -0.2) is 0 Å². The van der Waals surface area contributed by atoms with E-state index in [1.807, 2.05) is 13.8 Å². The van der Waals surface area contributed by atoms with E-state index in [4.69, 9.17) is 11.6 Å². The molecule has 12 amide bonds. The molecule has 0 spiro atoms. The Labute approximate surface area is 577 Å². The average Bonchev–Trinajstić information content (AvgIpc) is 0.958. The Morgan fingerprint density at radius 1 is 0.561 bits per heavy atom. The van der Waals surface area contributed by atoms with E-state index in [-0.39, 0.29) is 50.4 Å². The number of rotatable bonds is 14. The van der Waals surface area contributed by atoms with Crippen LogP contribution in [0.2, 0.25) is 5.02 Å². The third-order valence-corrected chi connectivity index (χ3v) is 18.4. The molecule has 0 radical (unpaired) electrons. The van der Waals surface area contributed by atoms with Crippen molar-refractivity contribution in [1.29, 1.82) is 0 Å². The van der Waals surface area contributed by atoms with Gasteiger partial charge in [-0.15, -0.1) is 0 Å². The third kappa shape index (κ3) is 23.0. The fourth-order valence-electron chi connectivity index (χ4n) is 11.6. The number of carbonyl (C=O) groups is 12. The van der Waals surface area contributed by atoms with Crippen LogP contribution in [0, 0.1) is 17.8 Å². The number of carbonyl (C=O) groups excluding carboxylic acids is 12. The predicted molar refractivity (Wildman–Crippen MR) is 362 cm³/mol. The third-order valence-electron chi connectivity index (χ3n) is 18.2. The second-order valence-electron chi connectivity index (χ2n) is 26.7. The molecule has 2 saturated heterocycles. The van der Waals surface area contributed by atoms with Gasteiger partial charge in [-0.05, 0) is 104 Å². The van der Waals surface area contributed by atoms with Gasteiger partial charge in [0.1, 0.15) is 48.3 Å². The predicted octanol–water partition coefficient (Wildman–Crippen LogP) is 4.24. The van der Waals surface area contributed by atoms with E-state index in [1.165, 1.54) is 76.0 Å². The molecule has 28 heteroatoms. The second kappa shape index (κ2) is 36.8. The average molecular weight is 1390 g/mol. The normalized spacial score (nSPS) is 23.6. The molecule has 0 aliphatic carbocycles. The number of halogens is 4. The first kappa shape index (κ1) is 80.1. The first-order chi connectivity index (χ1) is 46.0. The van der Waals surface area contributed by atoms with E-state index in [0.29, 0.717) is 54.1 Å². The van der Waals surface area contributed by atoms with Crippen LogP contribution in [0.5, 0.6) is 0 Å². The number of benzene rings is 3. The lowest BCUT2D eigenvalue weighted by molar-refractivity contribution is -0.150. The highest BCUT2D eigenvalue weighted by atomic mass is 35.5. The maximum atomic E-state index is 15.4. The van der Waals surface area contributed by atoms with Gasteiger partial charge >= 0.3 is 6.18 Å². The molecule has 2 heterocycles. The Morgan fingerprint density at radius 2 is 1.12 bits per heavy atom. The highest BCUT2D eigenvalue weighted by Crippen LogP contribution is 2.30. The number of hydrogen-bond donors (Lipinski definition) is 5. The number of amides is 12. The Balaban J connectivity index is 1.62. The summed E-state index contributed by atoms with van der Waals surface area (Å²) in [7, 11) is 8.01. The van der Waals surface area contributed by atoms with E-state index in [9.17, 15) is 56.3 Å². The summed E-state index contributed by atoms with van der Waals surface area (Å²) in [5.74, 6) is -10.2. The molecule has 2 fully saturated rings. The van der Waals surface area contributed by atoms with Gasteiger partial charge in [0.05, 0.1) is 31.6 Å². The number of nitrogens with one attached hydrogen (secondary N) is 5. The smallest absolute Gasteiger partial charge is 0.345 e. The quantitative estimate of drug-likeness (QED) is 0.152. The van der Waals surface area contributed by atoms with Crippen molar-refractivity contribution in [3.05, 3.63) is 106 Å². The summed E-state index contributed by atoms with van der Waals surface area (Å²) in [6, 6.07) is 8.41. The molecule has 3 aromatic rings. The summed E-state index contributed by atoms with van der Waals surface area (Å²) in [5, 5.41) is 13.9. The van der Waals surface area contributed by atoms with Crippen molar-refractivity contribution in [2.75, 3.05) is 75.0 Å². The molecule has 0 bridgehead atoms. The van der Waals surface area contributed by atoms with Gasteiger partial charge in [-0.2, -0.15) is 13.2 Å². The minimum absolute atomic E-state index is 0.0175. The van der Waals surface area contributed by atoms with Crippen molar-refractivity contribution in [2.24, 2.45) is 17.8 Å². The summed E-state index contributed by atoms with van der Waals surface area (Å²) >= 11 is 6.21. The molecule has 0 aromatic heterocycles. The number of aryl methyl sites for hydroxylation is 1. The fraction of sp³-hybridized carbons (Fsp3) is 0.571. The molecule has 3 aromatic carbocycles. The molecule has 5 rings (SSSR count). The first-order valence-corrected chi connectivity index (χ1v) is 33.7. The van der Waals surface area contributed by atoms with E-state index >= 15 is 14.4 Å². The van der Waals surface area contributed by atoms with Crippen LogP contribution < -0.4 is 26.6 Å². The van der Waals surface area contributed by atoms with Gasteiger partial charge in [0.25, 0.3) is 0 Å². The summed E-state index contributed by atoms with van der Waals surface area (Å²) in [4.78, 5) is 183. The summed E-state index contributed by atoms with van der Waals surface area (Å²) < 4.78 is 41.0. The van der Waals surface area contributed by atoms with Crippen molar-refractivity contribution >= 4 is 82.5 Å². The maximum absolute atomic E-state index is 15.4. The van der Waals surface area contributed by atoms with Crippen molar-refractivity contribution in [2.45, 2.75) is 167 Å². The minimum Gasteiger partial charge on any atom is -0.345 e. The molecule has 1 unspecified atom stereocenters. The summed E-state index contributed by atoms with van der Waals surface area (Å²) in [6.45, 7) is 10.8. The van der Waals surface area contributed by atoms with E-state index in [1.54, 1.807) is 82.3 Å². The lowest BCUT2D eigenvalue weighted by Gasteiger charge is -2.37. The van der Waals surface area contributed by atoms with Gasteiger partial charge < -0.3 is 60.9 Å². The molecule has 5 N–H and O–H groups in total. The van der Waals surface area contributed by atoms with E-state index < -0.39 is 163 Å². The van der Waals surface area contributed by atoms with Crippen LogP contribution >= 0.6 is 11.6 Å². The highest BCUT2D eigenvalue weighted by Gasteiger charge is 2.42. The Kier molecular flexibility index (Phi) is 30.1. The van der Waals surface area contributed by atoms with Crippen molar-refractivity contribution in [3.8, 4) is 0 Å². The molecular formula is C70H98ClF3N12O12. The Bertz CT molecular complexity index is 3280. The van der Waals surface area contributed by atoms with Gasteiger partial charge in [0.2, 0.25) is 70.9 Å². The van der Waals surface area contributed by atoms with Crippen LogP contribution in [-0.4, -0.2) is 229 Å². The minimum atomic E-state index is -4.65. The summed E-state index contributed by atoms with van der Waals surface area (Å²) in [6.07, 6.45) is -4.12. The van der Waals surface area contributed by atoms with Crippen LogP contribution in [0.4, 0.5) is 13.2 Å². The van der Waals surface area contributed by atoms with Crippen molar-refractivity contribution in [3.63, 3.8) is 0 Å². The molecule has 2 aliphatic heterocycles. The van der Waals surface area contributed by atoms with Crippen molar-refractivity contribution < 1.29 is 70.7 Å². The number of hydrogen-bond acceptors (Lipinski definition) is 12. The number of likely N-dealkylation sites (N-methyl/N-ethyl adjacent to an activating group) is 6. The van der Waals surface area contributed by atoms with Crippen LogP contribution in [-0.2, 0) is 83.0 Å². The van der Waals surface area contributed by atoms with Crippen LogP contribution in [0.1, 0.15) is 116 Å². The molecule has 9 atom stereocenters. The topological polar surface area (TPSA) is 288 Å². The number of alkyl halides is 3. The molecule has 2 aliphatic rings. The monoisotopic (exact) mass is 1390 g/mol. The Morgan fingerprint density at radius 3 is 1.69 bits per heavy atom. The van der Waals surface area contributed by atoms with Gasteiger partial charge in [0.15, 0.2) is 0 Å². The largest absolute Gasteiger partial charge is 0.416 e. The number of likely N-dealkylation sites (tertiary alicyclic amines) is 1. The zero-order chi connectivity index (χ0) is 73.0. The van der Waals surface area contributed by atoms with Gasteiger partial charge in [0, 0.05) is 73.2 Å². The lowest BCUT2D eigenvalue weighted by atomic mass is 9.97. The van der Waals surface area contributed by atoms with Gasteiger partial charge in [-0.3, -0.25) is 57.5 Å². The van der Waals surface area contributed by atoms with E-state index in [0.717, 1.165) is 31.7 Å². The molecule has 538 valence electrons. The van der Waals surface area contributed by atoms with Crippen LogP contribution in [0.25, 0.3) is 0 Å². The standard InChI is InChI=1S/C70H98ClF3N12O12/c1-14-44(6)61-65(94)75-39-59(89)80(8)41-60(90)83(11)55(37-48-24-29-50(71)30-25-48)68(97)81(9)40-57(87)76-51(31-26-46-22-27-49(28-23-46)70(72,73)74)63(92)77-52(34-42(2)3)66(95)85(13)56(36-47-20-16-15-17-21-47)69(98)84(12)54(35-43(4)5)64(93)78-53(67(96)86-32-18-19-33-86)38-58(88)82(10)45(7)62(91)79-61/h15-17,20-25,27-30,42-45,51-56,61H,14,18-19,26,31-41H2,1-13H3,(H,75,94)(H,76,87)(H,77,92)(H,78,93)(H,79,91)/t44-,45-,51-,52-,53?,54-,55-,56-,61-/m0/s1. The zero-order valence-corrected chi connectivity index (χ0v) is 59.3. The van der Waals surface area contributed by atoms with Crippen LogP contribution in [0.15, 0.2) is 78.9 Å². The van der Waals surface area contributed by atoms with Gasteiger partial charge in [-0.1, -0.05) is 114 Å². The lowest BCUT2D eigenvalue weighted by Crippen LogP contribution is -2.61. The highest BCUT2D eigenvalue weighted by molar-refractivity contribution is 6.30. The molecule has 98 heavy (non-hydrogen) atoms. The molecular weight excluding hydrogens is 1290 g/mol. The second-order valence-corrected chi connectivity index (χ2v) is 27.1. The maximum Gasteiger partial charge on any atom is 0.416 e. The van der Waals surface area contributed by atoms with Crippen LogP contribution in [0.3, 0.4) is 0 Å². The number of nitrogens with zero attached hydrogens (tertiary/aromatic N) is 7. The molecule has 24 nitrogen and oxygen atoms in total. The van der Waals surface area contributed by atoms with Crippen molar-refractivity contribution in [1.82, 2.24) is 60.9 Å². The molecule has 0 saturated carbocycles. The van der Waals surface area contributed by atoms with E-state index in [2.05, 4.69) is 26.6 Å². The first-order valence-electron chi connectivity index (χ1n) is 33.3. The zero-order valence-electron chi connectivity index (χ0n) is 58.5. The SMILES string of the molecule is CC[C@H](C)[C@@H]1NC(=O)[C@H](C)N(C)C(=O)CC(C(=O)N2CCCC2)NC(=O)[C@H](CC(C)C)N(C)C(=O)[C@H](Cc2ccccc2)N(C)C(=O)[C@H](CC(C)C)NC(=O)[C@H](CCc2ccc(C(F)(F)F)cc2)NC(=O)CN(C)C(=O)[C@H](Cc2ccc(Cl)cc2)N(C)C(=O)CN(C)C(=O)CNC1=O. The fourth-order valence-corrected chi connectivity index (χ4v) is 11.8. The summed E-state index contributed by atoms with van der Waals surface area (Å²) in [5.41, 5.74) is 0.585. The Hall–Kier alpha value is -8.62.